The summed E-state index contributed by atoms with van der Waals surface area (Å²) in [7, 11) is 0. The average Bonchev–Trinajstić information content (AvgIpc) is 2.44. The molecule has 4 heteroatoms. The number of hydrogen-bond acceptors (Lipinski definition) is 3. The Balaban J connectivity index is 3.03. The Hall–Kier alpha value is -1.55. The van der Waals surface area contributed by atoms with Gasteiger partial charge in [-0.1, -0.05) is 53.7 Å². The van der Waals surface area contributed by atoms with Crippen LogP contribution in [0.5, 0.6) is 5.75 Å². The second kappa shape index (κ2) is 8.02. The number of benzene rings is 1. The van der Waals surface area contributed by atoms with Gasteiger partial charge in [0, 0.05) is 13.0 Å². The highest BCUT2D eigenvalue weighted by atomic mass is 16.3. The van der Waals surface area contributed by atoms with Crippen LogP contribution in [0.15, 0.2) is 12.1 Å². The normalized spacial score (nSPS) is 12.3. The first kappa shape index (κ1) is 20.5. The molecule has 0 atom stereocenters. The van der Waals surface area contributed by atoms with Crippen LogP contribution in [0.4, 0.5) is 0 Å². The van der Waals surface area contributed by atoms with Crippen molar-refractivity contribution in [2.24, 2.45) is 5.73 Å². The SMILES string of the molecule is CC(C)(C)c1cc(CCC(=O)NCCCN)c(O)c(C(C)(C)C)c1. The Bertz CT molecular complexity index is 566. The van der Waals surface area contributed by atoms with Crippen molar-refractivity contribution in [1.29, 1.82) is 0 Å². The third-order valence-corrected chi connectivity index (χ3v) is 4.19. The van der Waals surface area contributed by atoms with Gasteiger partial charge in [0.15, 0.2) is 0 Å². The molecule has 0 saturated carbocycles. The lowest BCUT2D eigenvalue weighted by atomic mass is 9.78. The molecule has 24 heavy (non-hydrogen) atoms. The highest BCUT2D eigenvalue weighted by molar-refractivity contribution is 5.76. The zero-order valence-corrected chi connectivity index (χ0v) is 16.1. The molecular formula is C20H34N2O2. The third kappa shape index (κ3) is 5.82. The maximum atomic E-state index is 11.9. The number of nitrogens with one attached hydrogen (secondary N) is 1. The largest absolute Gasteiger partial charge is 0.507 e. The van der Waals surface area contributed by atoms with Gasteiger partial charge in [-0.3, -0.25) is 4.79 Å². The van der Waals surface area contributed by atoms with Crippen molar-refractivity contribution in [3.63, 3.8) is 0 Å². The number of carbonyl (C=O) groups is 1. The van der Waals surface area contributed by atoms with E-state index in [1.165, 1.54) is 5.56 Å². The molecule has 1 rings (SSSR count). The Labute approximate surface area is 146 Å². The molecule has 0 spiro atoms. The van der Waals surface area contributed by atoms with Crippen LogP contribution in [-0.4, -0.2) is 24.1 Å². The molecule has 0 saturated heterocycles. The minimum absolute atomic E-state index is 0.00122. The molecule has 1 aromatic rings. The molecule has 0 aliphatic rings. The van der Waals surface area contributed by atoms with E-state index in [1.54, 1.807) is 0 Å². The fourth-order valence-electron chi connectivity index (χ4n) is 2.56. The number of amides is 1. The first-order chi connectivity index (χ1) is 11.0. The molecule has 136 valence electrons. The third-order valence-electron chi connectivity index (χ3n) is 4.19. The van der Waals surface area contributed by atoms with E-state index in [-0.39, 0.29) is 16.7 Å². The summed E-state index contributed by atoms with van der Waals surface area (Å²) in [5.74, 6) is 0.326. The van der Waals surface area contributed by atoms with Gasteiger partial charge in [0.05, 0.1) is 0 Å². The predicted molar refractivity (Wildman–Crippen MR) is 101 cm³/mol. The van der Waals surface area contributed by atoms with Crippen LogP contribution >= 0.6 is 0 Å². The van der Waals surface area contributed by atoms with Crippen LogP contribution in [0, 0.1) is 0 Å². The maximum absolute atomic E-state index is 11.9. The topological polar surface area (TPSA) is 75.4 Å². The fourth-order valence-corrected chi connectivity index (χ4v) is 2.56. The van der Waals surface area contributed by atoms with Crippen LogP contribution in [-0.2, 0) is 22.0 Å². The van der Waals surface area contributed by atoms with Gasteiger partial charge >= 0.3 is 0 Å². The number of rotatable bonds is 6. The van der Waals surface area contributed by atoms with Gasteiger partial charge in [0.1, 0.15) is 5.75 Å². The second-order valence-electron chi connectivity index (χ2n) is 8.52. The van der Waals surface area contributed by atoms with Crippen molar-refractivity contribution in [3.05, 3.63) is 28.8 Å². The molecular weight excluding hydrogens is 300 g/mol. The molecule has 4 N–H and O–H groups in total. The van der Waals surface area contributed by atoms with Crippen LogP contribution in [0.1, 0.15) is 71.1 Å². The van der Waals surface area contributed by atoms with E-state index in [0.717, 1.165) is 17.5 Å². The summed E-state index contributed by atoms with van der Waals surface area (Å²) in [6, 6.07) is 4.14. The van der Waals surface area contributed by atoms with Crippen LogP contribution in [0.3, 0.4) is 0 Å². The number of carbonyl (C=O) groups excluding carboxylic acids is 1. The summed E-state index contributed by atoms with van der Waals surface area (Å²) in [4.78, 5) is 11.9. The van der Waals surface area contributed by atoms with Crippen molar-refractivity contribution < 1.29 is 9.90 Å². The molecule has 0 fully saturated rings. The molecule has 0 unspecified atom stereocenters. The number of phenols is 1. The van der Waals surface area contributed by atoms with Gasteiger partial charge in [0.2, 0.25) is 5.91 Å². The highest BCUT2D eigenvalue weighted by Crippen LogP contribution is 2.38. The van der Waals surface area contributed by atoms with Gasteiger partial charge in [0.25, 0.3) is 0 Å². The first-order valence-corrected chi connectivity index (χ1v) is 8.80. The van der Waals surface area contributed by atoms with Gasteiger partial charge < -0.3 is 16.2 Å². The van der Waals surface area contributed by atoms with Gasteiger partial charge in [-0.15, -0.1) is 0 Å². The van der Waals surface area contributed by atoms with E-state index in [2.05, 4.69) is 52.9 Å². The molecule has 0 heterocycles. The van der Waals surface area contributed by atoms with Crippen LogP contribution in [0.2, 0.25) is 0 Å². The highest BCUT2D eigenvalue weighted by Gasteiger charge is 2.24. The summed E-state index contributed by atoms with van der Waals surface area (Å²) in [5, 5.41) is 13.6. The zero-order valence-electron chi connectivity index (χ0n) is 16.1. The Morgan fingerprint density at radius 1 is 1.12 bits per heavy atom. The maximum Gasteiger partial charge on any atom is 0.220 e. The fraction of sp³-hybridized carbons (Fsp3) is 0.650. The quantitative estimate of drug-likeness (QED) is 0.698. The smallest absolute Gasteiger partial charge is 0.220 e. The molecule has 0 aliphatic heterocycles. The lowest BCUT2D eigenvalue weighted by molar-refractivity contribution is -0.121. The Morgan fingerprint density at radius 2 is 1.75 bits per heavy atom. The number of phenolic OH excluding ortho intramolecular Hbond substituents is 1. The molecule has 1 amide bonds. The second-order valence-corrected chi connectivity index (χ2v) is 8.52. The number of hydrogen-bond donors (Lipinski definition) is 3. The average molecular weight is 335 g/mol. The summed E-state index contributed by atoms with van der Waals surface area (Å²) >= 11 is 0. The van der Waals surface area contributed by atoms with Crippen molar-refractivity contribution in [1.82, 2.24) is 5.32 Å². The van der Waals surface area contributed by atoms with E-state index in [0.29, 0.717) is 31.7 Å². The van der Waals surface area contributed by atoms with Crippen LogP contribution < -0.4 is 11.1 Å². The zero-order chi connectivity index (χ0) is 18.5. The van der Waals surface area contributed by atoms with Gasteiger partial charge in [-0.25, -0.2) is 0 Å². The molecule has 1 aromatic carbocycles. The predicted octanol–water partition coefficient (Wildman–Crippen LogP) is 3.38. The molecule has 0 radical (unpaired) electrons. The van der Waals surface area contributed by atoms with Gasteiger partial charge in [-0.05, 0) is 46.9 Å². The standard InChI is InChI=1S/C20H34N2O2/c1-19(2,3)15-12-14(8-9-17(23)22-11-7-10-21)18(24)16(13-15)20(4,5)6/h12-13,24H,7-11,21H2,1-6H3,(H,22,23). The van der Waals surface area contributed by atoms with Crippen molar-refractivity contribution in [2.75, 3.05) is 13.1 Å². The number of aryl methyl sites for hydroxylation is 1. The van der Waals surface area contributed by atoms with E-state index >= 15 is 0 Å². The minimum Gasteiger partial charge on any atom is -0.507 e. The van der Waals surface area contributed by atoms with Crippen LogP contribution in [0.25, 0.3) is 0 Å². The molecule has 4 nitrogen and oxygen atoms in total. The van der Waals surface area contributed by atoms with E-state index in [4.69, 9.17) is 5.73 Å². The lowest BCUT2D eigenvalue weighted by Gasteiger charge is -2.27. The summed E-state index contributed by atoms with van der Waals surface area (Å²) in [5.41, 5.74) is 8.24. The monoisotopic (exact) mass is 334 g/mol. The van der Waals surface area contributed by atoms with E-state index < -0.39 is 0 Å². The van der Waals surface area contributed by atoms with Gasteiger partial charge in [-0.2, -0.15) is 0 Å². The number of aromatic hydroxyl groups is 1. The number of nitrogens with two attached hydrogens (primary N) is 1. The molecule has 0 bridgehead atoms. The Kier molecular flexibility index (Phi) is 6.85. The minimum atomic E-state index is -0.149. The van der Waals surface area contributed by atoms with Crippen molar-refractivity contribution in [3.8, 4) is 5.75 Å². The van der Waals surface area contributed by atoms with E-state index in [9.17, 15) is 9.90 Å². The van der Waals surface area contributed by atoms with E-state index in [1.807, 2.05) is 6.07 Å². The molecule has 0 aliphatic carbocycles. The lowest BCUT2D eigenvalue weighted by Crippen LogP contribution is -2.26. The molecule has 0 aromatic heterocycles. The van der Waals surface area contributed by atoms with Crippen molar-refractivity contribution in [2.45, 2.75) is 71.6 Å². The summed E-state index contributed by atoms with van der Waals surface area (Å²) < 4.78 is 0. The summed E-state index contributed by atoms with van der Waals surface area (Å²) in [6.45, 7) is 14.0. The summed E-state index contributed by atoms with van der Waals surface area (Å²) in [6.07, 6.45) is 1.69. The van der Waals surface area contributed by atoms with Crippen molar-refractivity contribution >= 4 is 5.91 Å². The Morgan fingerprint density at radius 3 is 2.25 bits per heavy atom. The first-order valence-electron chi connectivity index (χ1n) is 8.80.